The smallest absolute Gasteiger partial charge is 0.159 e. The number of benzene rings is 1. The molecule has 1 aromatic carbocycles. The predicted octanol–water partition coefficient (Wildman–Crippen LogP) is 5.09. The molecule has 78 valence electrons. The van der Waals surface area contributed by atoms with Gasteiger partial charge >= 0.3 is 0 Å². The van der Waals surface area contributed by atoms with Gasteiger partial charge in [0, 0.05) is 16.3 Å². The standard InChI is InChI=1S/C10H7Cl2NS2/c1-5-9(15-10(14)13-5)7-3-2-6(11)4-8(7)12/h2-4H,1H3,(H,13,14). The summed E-state index contributed by atoms with van der Waals surface area (Å²) in [6.07, 6.45) is 0. The number of aromatic amines is 1. The molecule has 0 radical (unpaired) electrons. The zero-order valence-corrected chi connectivity index (χ0v) is 10.9. The third-order valence-corrected chi connectivity index (χ3v) is 3.92. The van der Waals surface area contributed by atoms with E-state index >= 15 is 0 Å². The average molecular weight is 276 g/mol. The second kappa shape index (κ2) is 4.26. The minimum absolute atomic E-state index is 0.639. The summed E-state index contributed by atoms with van der Waals surface area (Å²) in [5, 5.41) is 1.29. The first-order valence-electron chi connectivity index (χ1n) is 4.23. The summed E-state index contributed by atoms with van der Waals surface area (Å²) < 4.78 is 0.758. The van der Waals surface area contributed by atoms with Gasteiger partial charge in [0.2, 0.25) is 0 Å². The maximum Gasteiger partial charge on any atom is 0.159 e. The molecule has 5 heteroatoms. The van der Waals surface area contributed by atoms with Crippen LogP contribution >= 0.6 is 46.8 Å². The largest absolute Gasteiger partial charge is 0.341 e. The molecule has 0 fully saturated rings. The molecule has 2 rings (SSSR count). The van der Waals surface area contributed by atoms with Crippen molar-refractivity contribution in [2.24, 2.45) is 0 Å². The van der Waals surface area contributed by atoms with Crippen LogP contribution in [0.4, 0.5) is 0 Å². The van der Waals surface area contributed by atoms with Crippen molar-refractivity contribution in [2.75, 3.05) is 0 Å². The molecule has 0 atom stereocenters. The molecule has 1 N–H and O–H groups in total. The lowest BCUT2D eigenvalue weighted by atomic mass is 10.1. The number of rotatable bonds is 1. The van der Waals surface area contributed by atoms with E-state index in [0.29, 0.717) is 10.0 Å². The van der Waals surface area contributed by atoms with Crippen LogP contribution in [0.3, 0.4) is 0 Å². The van der Waals surface area contributed by atoms with Crippen LogP contribution in [-0.4, -0.2) is 4.98 Å². The zero-order chi connectivity index (χ0) is 11.0. The Bertz CT molecular complexity index is 557. The number of hydrogen-bond donors (Lipinski definition) is 1. The minimum atomic E-state index is 0.639. The third kappa shape index (κ3) is 2.26. The highest BCUT2D eigenvalue weighted by Gasteiger charge is 2.09. The normalized spacial score (nSPS) is 10.6. The highest BCUT2D eigenvalue weighted by Crippen LogP contribution is 2.35. The molecule has 0 saturated carbocycles. The van der Waals surface area contributed by atoms with Crippen LogP contribution in [-0.2, 0) is 0 Å². The number of aromatic nitrogens is 1. The van der Waals surface area contributed by atoms with E-state index < -0.39 is 0 Å². The fourth-order valence-electron chi connectivity index (χ4n) is 1.34. The van der Waals surface area contributed by atoms with Crippen LogP contribution in [0.2, 0.25) is 10.0 Å². The second-order valence-corrected chi connectivity index (χ2v) is 5.62. The first-order chi connectivity index (χ1) is 7.08. The first kappa shape index (κ1) is 11.1. The lowest BCUT2D eigenvalue weighted by Crippen LogP contribution is -1.79. The number of H-pyrrole nitrogens is 1. The van der Waals surface area contributed by atoms with Crippen LogP contribution in [0.15, 0.2) is 18.2 Å². The van der Waals surface area contributed by atoms with Crippen LogP contribution in [0.25, 0.3) is 10.4 Å². The molecular formula is C10H7Cl2NS2. The van der Waals surface area contributed by atoms with Crippen molar-refractivity contribution in [1.82, 2.24) is 4.98 Å². The van der Waals surface area contributed by atoms with Crippen molar-refractivity contribution in [3.05, 3.63) is 37.9 Å². The van der Waals surface area contributed by atoms with Gasteiger partial charge in [0.1, 0.15) is 0 Å². The number of thiazole rings is 1. The Hall–Kier alpha value is -0.350. The molecule has 0 aliphatic heterocycles. The number of hydrogen-bond acceptors (Lipinski definition) is 2. The monoisotopic (exact) mass is 275 g/mol. The number of halogens is 2. The van der Waals surface area contributed by atoms with Crippen LogP contribution < -0.4 is 0 Å². The van der Waals surface area contributed by atoms with Gasteiger partial charge in [-0.3, -0.25) is 0 Å². The highest BCUT2D eigenvalue weighted by atomic mass is 35.5. The Morgan fingerprint density at radius 3 is 2.60 bits per heavy atom. The summed E-state index contributed by atoms with van der Waals surface area (Å²) in [4.78, 5) is 4.16. The summed E-state index contributed by atoms with van der Waals surface area (Å²) in [5.74, 6) is 0. The Kier molecular flexibility index (Phi) is 3.16. The van der Waals surface area contributed by atoms with E-state index in [1.54, 1.807) is 6.07 Å². The second-order valence-electron chi connectivity index (χ2n) is 3.09. The maximum atomic E-state index is 6.12. The molecule has 1 heterocycles. The van der Waals surface area contributed by atoms with Gasteiger partial charge in [0.15, 0.2) is 3.95 Å². The van der Waals surface area contributed by atoms with Crippen molar-refractivity contribution in [3.8, 4) is 10.4 Å². The molecule has 0 saturated heterocycles. The fraction of sp³-hybridized carbons (Fsp3) is 0.100. The van der Waals surface area contributed by atoms with Crippen molar-refractivity contribution < 1.29 is 0 Å². The van der Waals surface area contributed by atoms with E-state index in [9.17, 15) is 0 Å². The van der Waals surface area contributed by atoms with Crippen LogP contribution in [0.5, 0.6) is 0 Å². The third-order valence-electron chi connectivity index (χ3n) is 2.00. The molecule has 1 aromatic heterocycles. The van der Waals surface area contributed by atoms with Crippen molar-refractivity contribution in [3.63, 3.8) is 0 Å². The van der Waals surface area contributed by atoms with Gasteiger partial charge in [-0.15, -0.1) is 11.3 Å². The van der Waals surface area contributed by atoms with E-state index in [2.05, 4.69) is 4.98 Å². The van der Waals surface area contributed by atoms with Gasteiger partial charge in [0.25, 0.3) is 0 Å². The molecular weight excluding hydrogens is 269 g/mol. The van der Waals surface area contributed by atoms with Gasteiger partial charge in [0.05, 0.1) is 9.90 Å². The Balaban J connectivity index is 2.64. The Labute approximate surface area is 107 Å². The lowest BCUT2D eigenvalue weighted by molar-refractivity contribution is 1.25. The zero-order valence-electron chi connectivity index (χ0n) is 7.80. The van der Waals surface area contributed by atoms with Crippen molar-refractivity contribution in [1.29, 1.82) is 0 Å². The molecule has 2 aromatic rings. The van der Waals surface area contributed by atoms with Crippen molar-refractivity contribution in [2.45, 2.75) is 6.92 Å². The molecule has 15 heavy (non-hydrogen) atoms. The van der Waals surface area contributed by atoms with E-state index in [0.717, 1.165) is 20.1 Å². The van der Waals surface area contributed by atoms with E-state index in [1.807, 2.05) is 19.1 Å². The fourth-order valence-corrected chi connectivity index (χ4v) is 3.18. The summed E-state index contributed by atoms with van der Waals surface area (Å²) >= 11 is 18.6. The molecule has 0 aliphatic rings. The molecule has 1 nitrogen and oxygen atoms in total. The quantitative estimate of drug-likeness (QED) is 0.717. The molecule has 0 amide bonds. The highest BCUT2D eigenvalue weighted by molar-refractivity contribution is 7.73. The van der Waals surface area contributed by atoms with E-state index in [4.69, 9.17) is 35.4 Å². The number of aryl methyl sites for hydroxylation is 1. The van der Waals surface area contributed by atoms with Gasteiger partial charge in [-0.05, 0) is 31.3 Å². The van der Waals surface area contributed by atoms with Crippen LogP contribution in [0, 0.1) is 10.9 Å². The summed E-state index contributed by atoms with van der Waals surface area (Å²) in [6.45, 7) is 1.98. The molecule has 0 spiro atoms. The Morgan fingerprint density at radius 2 is 2.07 bits per heavy atom. The Morgan fingerprint density at radius 1 is 1.33 bits per heavy atom. The molecule has 0 unspecified atom stereocenters. The minimum Gasteiger partial charge on any atom is -0.341 e. The first-order valence-corrected chi connectivity index (χ1v) is 6.21. The summed E-state index contributed by atoms with van der Waals surface area (Å²) in [7, 11) is 0. The number of nitrogens with one attached hydrogen (secondary N) is 1. The topological polar surface area (TPSA) is 15.8 Å². The van der Waals surface area contributed by atoms with Crippen LogP contribution in [0.1, 0.15) is 5.69 Å². The lowest BCUT2D eigenvalue weighted by Gasteiger charge is -2.02. The van der Waals surface area contributed by atoms with Crippen molar-refractivity contribution >= 4 is 46.8 Å². The molecule has 0 aliphatic carbocycles. The van der Waals surface area contributed by atoms with Gasteiger partial charge in [-0.2, -0.15) is 0 Å². The SMILES string of the molecule is Cc1[nH]c(=S)sc1-c1ccc(Cl)cc1Cl. The van der Waals surface area contributed by atoms with Gasteiger partial charge < -0.3 is 4.98 Å². The summed E-state index contributed by atoms with van der Waals surface area (Å²) in [5.41, 5.74) is 2.00. The summed E-state index contributed by atoms with van der Waals surface area (Å²) in [6, 6.07) is 5.47. The van der Waals surface area contributed by atoms with Gasteiger partial charge in [-0.1, -0.05) is 29.3 Å². The average Bonchev–Trinajstić information content (AvgIpc) is 2.45. The predicted molar refractivity (Wildman–Crippen MR) is 69.7 cm³/mol. The van der Waals surface area contributed by atoms with E-state index in [-0.39, 0.29) is 0 Å². The van der Waals surface area contributed by atoms with E-state index in [1.165, 1.54) is 11.3 Å². The maximum absolute atomic E-state index is 6.12. The van der Waals surface area contributed by atoms with Gasteiger partial charge in [-0.25, -0.2) is 0 Å². The molecule has 0 bridgehead atoms.